The number of alkyl halides is 2. The van der Waals surface area contributed by atoms with Crippen molar-refractivity contribution in [1.29, 1.82) is 5.41 Å². The largest absolute Gasteiger partial charge is 0.301 e. The predicted octanol–water partition coefficient (Wildman–Crippen LogP) is 3.69. The molecule has 0 aromatic rings. The molecule has 1 nitrogen and oxygen atoms in total. The smallest absolute Gasteiger partial charge is 0.115 e. The fourth-order valence-corrected chi connectivity index (χ4v) is 4.23. The van der Waals surface area contributed by atoms with Crippen LogP contribution in [0.2, 0.25) is 0 Å². The first kappa shape index (κ1) is 11.3. The molecule has 0 amide bonds. The Kier molecular flexibility index (Phi) is 2.77. The second kappa shape index (κ2) is 3.68. The number of hydrogen-bond acceptors (Lipinski definition) is 1. The fourth-order valence-electron chi connectivity index (χ4n) is 2.57. The van der Waals surface area contributed by atoms with Gasteiger partial charge in [-0.15, -0.1) is 0 Å². The Hall–Kier alpha value is -0.190. The fraction of sp³-hybridized carbons (Fsp3) is 0.583. The van der Waals surface area contributed by atoms with Crippen molar-refractivity contribution in [1.82, 2.24) is 0 Å². The molecule has 1 saturated carbocycles. The minimum atomic E-state index is -0.820. The highest BCUT2D eigenvalue weighted by molar-refractivity contribution is 14.1. The molecule has 0 bridgehead atoms. The zero-order valence-corrected chi connectivity index (χ0v) is 11.1. The molecule has 0 aromatic heterocycles. The van der Waals surface area contributed by atoms with Gasteiger partial charge in [0.25, 0.3) is 0 Å². The van der Waals surface area contributed by atoms with E-state index in [1.807, 2.05) is 26.0 Å². The van der Waals surface area contributed by atoms with Gasteiger partial charge in [-0.2, -0.15) is 0 Å². The Morgan fingerprint density at radius 1 is 1.60 bits per heavy atom. The summed E-state index contributed by atoms with van der Waals surface area (Å²) in [5.74, 6) is 0.103. The van der Waals surface area contributed by atoms with Crippen LogP contribution in [0.1, 0.15) is 20.3 Å². The average Bonchev–Trinajstić information content (AvgIpc) is 2.18. The van der Waals surface area contributed by atoms with E-state index in [1.165, 1.54) is 0 Å². The zero-order chi connectivity index (χ0) is 11.2. The Balaban J connectivity index is 2.45. The highest BCUT2D eigenvalue weighted by atomic mass is 127. The average molecular weight is 319 g/mol. The van der Waals surface area contributed by atoms with Crippen molar-refractivity contribution >= 4 is 28.3 Å². The standard InChI is InChI=1S/C12H15FIN/c1-7-5-10(14)9-6-8(15)3-4-12(9,2)11(7)13/h3-4,6-7,10-11,15H,5H2,1-2H3/t7-,10+,11-,12+/m1/s1. The van der Waals surface area contributed by atoms with E-state index in [-0.39, 0.29) is 5.92 Å². The third-order valence-electron chi connectivity index (χ3n) is 3.53. The molecule has 0 heterocycles. The van der Waals surface area contributed by atoms with Crippen molar-refractivity contribution in [3.8, 4) is 0 Å². The van der Waals surface area contributed by atoms with Gasteiger partial charge in [0.15, 0.2) is 0 Å². The molecule has 1 fully saturated rings. The first-order chi connectivity index (χ1) is 6.95. The van der Waals surface area contributed by atoms with E-state index in [0.717, 1.165) is 12.0 Å². The SMILES string of the molecule is C[C@@H]1C[C@H](I)C2=CC(=N)C=C[C@]2(C)[C@@H]1F. The van der Waals surface area contributed by atoms with E-state index in [1.54, 1.807) is 6.08 Å². The Labute approximate surface area is 103 Å². The van der Waals surface area contributed by atoms with Gasteiger partial charge in [-0.05, 0) is 37.0 Å². The molecule has 2 aliphatic rings. The third kappa shape index (κ3) is 1.69. The van der Waals surface area contributed by atoms with Gasteiger partial charge in [0, 0.05) is 9.34 Å². The summed E-state index contributed by atoms with van der Waals surface area (Å²) in [6, 6.07) is 0. The highest BCUT2D eigenvalue weighted by Crippen LogP contribution is 2.50. The molecule has 0 spiro atoms. The van der Waals surface area contributed by atoms with Crippen molar-refractivity contribution in [3.05, 3.63) is 23.8 Å². The number of rotatable bonds is 0. The van der Waals surface area contributed by atoms with Crippen LogP contribution in [0.5, 0.6) is 0 Å². The first-order valence-corrected chi connectivity index (χ1v) is 6.47. The van der Waals surface area contributed by atoms with Gasteiger partial charge < -0.3 is 5.41 Å². The van der Waals surface area contributed by atoms with E-state index in [2.05, 4.69) is 22.6 Å². The number of allylic oxidation sites excluding steroid dienone is 4. The first-order valence-electron chi connectivity index (χ1n) is 5.23. The number of nitrogens with one attached hydrogen (secondary N) is 1. The summed E-state index contributed by atoms with van der Waals surface area (Å²) in [6.45, 7) is 3.93. The molecular weight excluding hydrogens is 304 g/mol. The molecule has 2 aliphatic carbocycles. The summed E-state index contributed by atoms with van der Waals surface area (Å²) in [5, 5.41) is 7.62. The van der Waals surface area contributed by atoms with Gasteiger partial charge in [-0.3, -0.25) is 0 Å². The molecule has 2 rings (SSSR count). The van der Waals surface area contributed by atoms with Gasteiger partial charge in [-0.25, -0.2) is 4.39 Å². The van der Waals surface area contributed by atoms with Crippen LogP contribution >= 0.6 is 22.6 Å². The molecule has 82 valence electrons. The van der Waals surface area contributed by atoms with Crippen molar-refractivity contribution in [3.63, 3.8) is 0 Å². The number of halogens is 2. The molecule has 0 aromatic carbocycles. The topological polar surface area (TPSA) is 23.9 Å². The van der Waals surface area contributed by atoms with Gasteiger partial charge >= 0.3 is 0 Å². The van der Waals surface area contributed by atoms with E-state index in [0.29, 0.717) is 9.64 Å². The molecule has 0 saturated heterocycles. The number of fused-ring (bicyclic) bond motifs is 1. The van der Waals surface area contributed by atoms with Crippen LogP contribution in [-0.4, -0.2) is 15.8 Å². The van der Waals surface area contributed by atoms with Crippen LogP contribution < -0.4 is 0 Å². The molecule has 3 heteroatoms. The summed E-state index contributed by atoms with van der Waals surface area (Å²) in [6.07, 6.45) is 5.49. The van der Waals surface area contributed by atoms with E-state index >= 15 is 0 Å². The van der Waals surface area contributed by atoms with Gasteiger partial charge in [0.2, 0.25) is 0 Å². The van der Waals surface area contributed by atoms with Crippen LogP contribution in [0.15, 0.2) is 23.8 Å². The van der Waals surface area contributed by atoms with Crippen molar-refractivity contribution in [2.45, 2.75) is 30.4 Å². The molecule has 0 radical (unpaired) electrons. The third-order valence-corrected chi connectivity index (χ3v) is 4.71. The zero-order valence-electron chi connectivity index (χ0n) is 8.93. The maximum absolute atomic E-state index is 14.2. The summed E-state index contributed by atoms with van der Waals surface area (Å²) in [7, 11) is 0. The molecule has 15 heavy (non-hydrogen) atoms. The van der Waals surface area contributed by atoms with Crippen molar-refractivity contribution in [2.24, 2.45) is 11.3 Å². The van der Waals surface area contributed by atoms with Crippen molar-refractivity contribution < 1.29 is 4.39 Å². The Morgan fingerprint density at radius 2 is 2.27 bits per heavy atom. The predicted molar refractivity (Wildman–Crippen MR) is 69.5 cm³/mol. The molecule has 0 aliphatic heterocycles. The minimum Gasteiger partial charge on any atom is -0.301 e. The minimum absolute atomic E-state index is 0.103. The normalized spacial score (nSPS) is 44.9. The lowest BCUT2D eigenvalue weighted by Crippen LogP contribution is -2.44. The van der Waals surface area contributed by atoms with Gasteiger partial charge in [0.1, 0.15) is 6.17 Å². The maximum Gasteiger partial charge on any atom is 0.115 e. The van der Waals surface area contributed by atoms with Crippen LogP contribution in [0.3, 0.4) is 0 Å². The van der Waals surface area contributed by atoms with Crippen LogP contribution in [0.25, 0.3) is 0 Å². The molecule has 0 unspecified atom stereocenters. The summed E-state index contributed by atoms with van der Waals surface area (Å²) in [4.78, 5) is 0. The molecule has 4 atom stereocenters. The summed E-state index contributed by atoms with van der Waals surface area (Å²) >= 11 is 2.37. The summed E-state index contributed by atoms with van der Waals surface area (Å²) < 4.78 is 14.6. The van der Waals surface area contributed by atoms with E-state index in [9.17, 15) is 4.39 Å². The maximum atomic E-state index is 14.2. The molecular formula is C12H15FIN. The van der Waals surface area contributed by atoms with Gasteiger partial charge in [-0.1, -0.05) is 35.6 Å². The van der Waals surface area contributed by atoms with Crippen LogP contribution in [0.4, 0.5) is 4.39 Å². The quantitative estimate of drug-likeness (QED) is 0.520. The lowest BCUT2D eigenvalue weighted by atomic mass is 9.64. The van der Waals surface area contributed by atoms with E-state index < -0.39 is 11.6 Å². The van der Waals surface area contributed by atoms with Crippen LogP contribution in [-0.2, 0) is 0 Å². The van der Waals surface area contributed by atoms with Crippen molar-refractivity contribution in [2.75, 3.05) is 0 Å². The lowest BCUT2D eigenvalue weighted by molar-refractivity contribution is 0.112. The Bertz CT molecular complexity index is 361. The molecule has 1 N–H and O–H groups in total. The van der Waals surface area contributed by atoms with Crippen LogP contribution in [0, 0.1) is 16.7 Å². The highest BCUT2D eigenvalue weighted by Gasteiger charge is 2.47. The van der Waals surface area contributed by atoms with Gasteiger partial charge in [0.05, 0.1) is 5.71 Å². The summed E-state index contributed by atoms with van der Waals surface area (Å²) in [5.41, 5.74) is 1.10. The second-order valence-electron chi connectivity index (χ2n) is 4.75. The monoisotopic (exact) mass is 319 g/mol. The lowest BCUT2D eigenvalue weighted by Gasteiger charge is -2.44. The van der Waals surface area contributed by atoms with E-state index in [4.69, 9.17) is 5.41 Å². The second-order valence-corrected chi connectivity index (χ2v) is 6.26. The number of hydrogen-bond donors (Lipinski definition) is 1. The Morgan fingerprint density at radius 3 is 2.93 bits per heavy atom.